The number of anilines is 2. The van der Waals surface area contributed by atoms with Crippen molar-refractivity contribution in [2.24, 2.45) is 0 Å². The van der Waals surface area contributed by atoms with Gasteiger partial charge < -0.3 is 10.6 Å². The van der Waals surface area contributed by atoms with Gasteiger partial charge in [0.05, 0.1) is 11.3 Å². The van der Waals surface area contributed by atoms with Gasteiger partial charge >= 0.3 is 0 Å². The molecule has 4 nitrogen and oxygen atoms in total. The molecule has 0 aliphatic rings. The van der Waals surface area contributed by atoms with Gasteiger partial charge in [0.25, 0.3) is 5.91 Å². The third-order valence-electron chi connectivity index (χ3n) is 3.97. The van der Waals surface area contributed by atoms with Crippen LogP contribution < -0.4 is 10.6 Å². The summed E-state index contributed by atoms with van der Waals surface area (Å²) in [5, 5.41) is 6.10. The Hall–Kier alpha value is -3.21. The second kappa shape index (κ2) is 8.25. The number of rotatable bonds is 6. The van der Waals surface area contributed by atoms with Gasteiger partial charge in [0, 0.05) is 24.6 Å². The Labute approximate surface area is 152 Å². The van der Waals surface area contributed by atoms with Crippen molar-refractivity contribution in [2.75, 3.05) is 17.2 Å². The van der Waals surface area contributed by atoms with Crippen LogP contribution in [0.5, 0.6) is 0 Å². The molecule has 0 spiro atoms. The fourth-order valence-corrected chi connectivity index (χ4v) is 2.50. The van der Waals surface area contributed by atoms with Gasteiger partial charge in [0.1, 0.15) is 5.82 Å². The van der Waals surface area contributed by atoms with E-state index in [1.807, 2.05) is 31.2 Å². The molecule has 26 heavy (non-hydrogen) atoms. The molecule has 1 heterocycles. The average molecular weight is 349 g/mol. The number of aryl methyl sites for hydroxylation is 1. The molecule has 0 saturated carbocycles. The lowest BCUT2D eigenvalue weighted by Crippen LogP contribution is -2.13. The maximum Gasteiger partial charge on any atom is 0.257 e. The summed E-state index contributed by atoms with van der Waals surface area (Å²) in [6, 6.07) is 15.8. The number of amides is 1. The van der Waals surface area contributed by atoms with Gasteiger partial charge in [-0.1, -0.05) is 29.8 Å². The predicted octanol–water partition coefficient (Wildman–Crippen LogP) is 4.44. The summed E-state index contributed by atoms with van der Waals surface area (Å²) >= 11 is 0. The van der Waals surface area contributed by atoms with E-state index in [2.05, 4.69) is 15.6 Å². The number of halogens is 1. The Kier molecular flexibility index (Phi) is 5.59. The summed E-state index contributed by atoms with van der Waals surface area (Å²) in [7, 11) is 0. The summed E-state index contributed by atoms with van der Waals surface area (Å²) < 4.78 is 12.9. The lowest BCUT2D eigenvalue weighted by Gasteiger charge is -2.09. The van der Waals surface area contributed by atoms with Crippen LogP contribution >= 0.6 is 0 Å². The molecule has 1 aromatic heterocycles. The fourth-order valence-electron chi connectivity index (χ4n) is 2.50. The number of nitrogens with zero attached hydrogens (tertiary/aromatic N) is 1. The topological polar surface area (TPSA) is 54.0 Å². The maximum absolute atomic E-state index is 12.9. The highest BCUT2D eigenvalue weighted by molar-refractivity contribution is 6.04. The monoisotopic (exact) mass is 349 g/mol. The van der Waals surface area contributed by atoms with Crippen molar-refractivity contribution < 1.29 is 9.18 Å². The number of pyridine rings is 1. The van der Waals surface area contributed by atoms with E-state index in [1.165, 1.54) is 18.3 Å². The van der Waals surface area contributed by atoms with Crippen LogP contribution in [-0.2, 0) is 6.42 Å². The molecule has 2 N–H and O–H groups in total. The van der Waals surface area contributed by atoms with Crippen molar-refractivity contribution in [2.45, 2.75) is 13.3 Å². The van der Waals surface area contributed by atoms with Crippen LogP contribution in [0.4, 0.5) is 15.8 Å². The first-order valence-corrected chi connectivity index (χ1v) is 8.41. The first-order chi connectivity index (χ1) is 12.6. The van der Waals surface area contributed by atoms with Gasteiger partial charge in [-0.3, -0.25) is 9.78 Å². The van der Waals surface area contributed by atoms with Crippen LogP contribution in [-0.4, -0.2) is 17.4 Å². The van der Waals surface area contributed by atoms with E-state index >= 15 is 0 Å². The van der Waals surface area contributed by atoms with E-state index in [9.17, 15) is 9.18 Å². The van der Waals surface area contributed by atoms with E-state index < -0.39 is 0 Å². The Balaban J connectivity index is 1.57. The van der Waals surface area contributed by atoms with Gasteiger partial charge in [-0.25, -0.2) is 4.39 Å². The number of benzene rings is 2. The molecule has 0 atom stereocenters. The van der Waals surface area contributed by atoms with Crippen molar-refractivity contribution >= 4 is 17.3 Å². The van der Waals surface area contributed by atoms with Crippen LogP contribution in [0, 0.1) is 12.7 Å². The molecule has 0 saturated heterocycles. The molecule has 0 aliphatic heterocycles. The van der Waals surface area contributed by atoms with Gasteiger partial charge in [0.15, 0.2) is 0 Å². The predicted molar refractivity (Wildman–Crippen MR) is 102 cm³/mol. The van der Waals surface area contributed by atoms with E-state index in [0.717, 1.165) is 28.9 Å². The molecule has 0 bridgehead atoms. The molecule has 3 rings (SSSR count). The van der Waals surface area contributed by atoms with Crippen molar-refractivity contribution in [3.05, 3.63) is 89.5 Å². The first-order valence-electron chi connectivity index (χ1n) is 8.41. The lowest BCUT2D eigenvalue weighted by molar-refractivity contribution is 0.102. The number of hydrogen-bond acceptors (Lipinski definition) is 3. The van der Waals surface area contributed by atoms with Crippen molar-refractivity contribution in [3.8, 4) is 0 Å². The molecule has 132 valence electrons. The SMILES string of the molecule is Cc1ccc(NC(=O)c2cncc(NCCc3ccc(F)cc3)c2)cc1. The maximum atomic E-state index is 12.9. The summed E-state index contributed by atoms with van der Waals surface area (Å²) in [6.07, 6.45) is 3.96. The Morgan fingerprint density at radius 3 is 2.46 bits per heavy atom. The fraction of sp³-hybridized carbons (Fsp3) is 0.143. The lowest BCUT2D eigenvalue weighted by atomic mass is 10.1. The number of carbonyl (C=O) groups excluding carboxylic acids is 1. The summed E-state index contributed by atoms with van der Waals surface area (Å²) in [5.74, 6) is -0.443. The minimum Gasteiger partial charge on any atom is -0.383 e. The molecule has 3 aromatic rings. The third-order valence-corrected chi connectivity index (χ3v) is 3.97. The largest absolute Gasteiger partial charge is 0.383 e. The van der Waals surface area contributed by atoms with Gasteiger partial charge in [0.2, 0.25) is 0 Å². The minimum atomic E-state index is -0.238. The average Bonchev–Trinajstić information content (AvgIpc) is 2.65. The highest BCUT2D eigenvalue weighted by Gasteiger charge is 2.07. The van der Waals surface area contributed by atoms with Crippen LogP contribution in [0.1, 0.15) is 21.5 Å². The first kappa shape index (κ1) is 17.6. The van der Waals surface area contributed by atoms with E-state index in [1.54, 1.807) is 24.4 Å². The van der Waals surface area contributed by atoms with Crippen molar-refractivity contribution in [3.63, 3.8) is 0 Å². The van der Waals surface area contributed by atoms with Gasteiger partial charge in [-0.05, 0) is 49.2 Å². The third kappa shape index (κ3) is 4.89. The molecule has 2 aromatic carbocycles. The highest BCUT2D eigenvalue weighted by atomic mass is 19.1. The number of nitrogens with one attached hydrogen (secondary N) is 2. The van der Waals surface area contributed by atoms with Crippen molar-refractivity contribution in [1.82, 2.24) is 4.98 Å². The number of hydrogen-bond donors (Lipinski definition) is 2. The van der Waals surface area contributed by atoms with Crippen LogP contribution in [0.15, 0.2) is 67.0 Å². The van der Waals surface area contributed by atoms with E-state index in [-0.39, 0.29) is 11.7 Å². The second-order valence-electron chi connectivity index (χ2n) is 6.09. The quantitative estimate of drug-likeness (QED) is 0.692. The molecule has 5 heteroatoms. The molecule has 1 amide bonds. The normalized spacial score (nSPS) is 10.4. The smallest absolute Gasteiger partial charge is 0.257 e. The minimum absolute atomic E-state index is 0.205. The number of aromatic nitrogens is 1. The Bertz CT molecular complexity index is 877. The Morgan fingerprint density at radius 1 is 1.00 bits per heavy atom. The number of carbonyl (C=O) groups is 1. The Morgan fingerprint density at radius 2 is 1.73 bits per heavy atom. The van der Waals surface area contributed by atoms with E-state index in [4.69, 9.17) is 0 Å². The summed E-state index contributed by atoms with van der Waals surface area (Å²) in [5.41, 5.74) is 4.17. The molecular formula is C21H20FN3O. The van der Waals surface area contributed by atoms with Crippen LogP contribution in [0.25, 0.3) is 0 Å². The van der Waals surface area contributed by atoms with Crippen molar-refractivity contribution in [1.29, 1.82) is 0 Å². The summed E-state index contributed by atoms with van der Waals surface area (Å²) in [4.78, 5) is 16.5. The van der Waals surface area contributed by atoms with E-state index in [0.29, 0.717) is 12.1 Å². The zero-order valence-electron chi connectivity index (χ0n) is 14.5. The molecule has 0 unspecified atom stereocenters. The zero-order valence-corrected chi connectivity index (χ0v) is 14.5. The highest BCUT2D eigenvalue weighted by Crippen LogP contribution is 2.13. The van der Waals surface area contributed by atoms with Crippen LogP contribution in [0.2, 0.25) is 0 Å². The van der Waals surface area contributed by atoms with Gasteiger partial charge in [-0.2, -0.15) is 0 Å². The molecular weight excluding hydrogens is 329 g/mol. The molecule has 0 fully saturated rings. The summed E-state index contributed by atoms with van der Waals surface area (Å²) in [6.45, 7) is 2.66. The van der Waals surface area contributed by atoms with Gasteiger partial charge in [-0.15, -0.1) is 0 Å². The molecule has 0 radical (unpaired) electrons. The van der Waals surface area contributed by atoms with Crippen LogP contribution in [0.3, 0.4) is 0 Å². The second-order valence-corrected chi connectivity index (χ2v) is 6.09. The standard InChI is InChI=1S/C21H20FN3O/c1-15-2-8-19(9-3-15)25-21(26)17-12-20(14-23-13-17)24-11-10-16-4-6-18(22)7-5-16/h2-9,12-14,24H,10-11H2,1H3,(H,25,26). The molecule has 0 aliphatic carbocycles. The zero-order chi connectivity index (χ0) is 18.4.